The van der Waals surface area contributed by atoms with Crippen LogP contribution in [0.4, 0.5) is 11.5 Å². The van der Waals surface area contributed by atoms with Gasteiger partial charge in [0.25, 0.3) is 5.91 Å². The number of pyridine rings is 1. The monoisotopic (exact) mass is 540 g/mol. The maximum atomic E-state index is 12.9. The minimum absolute atomic E-state index is 0.0322. The number of carbonyl (C=O) groups is 3. The van der Waals surface area contributed by atoms with Crippen molar-refractivity contribution in [3.8, 4) is 0 Å². The molecule has 0 aliphatic carbocycles. The Labute approximate surface area is 224 Å². The van der Waals surface area contributed by atoms with Crippen LogP contribution in [-0.2, 0) is 16.0 Å². The Kier molecular flexibility index (Phi) is 8.63. The summed E-state index contributed by atoms with van der Waals surface area (Å²) in [7, 11) is 0. The molecule has 1 fully saturated rings. The van der Waals surface area contributed by atoms with E-state index >= 15 is 0 Å². The molecule has 1 aliphatic heterocycles. The van der Waals surface area contributed by atoms with Gasteiger partial charge in [-0.3, -0.25) is 9.59 Å². The van der Waals surface area contributed by atoms with Crippen LogP contribution in [-0.4, -0.2) is 47.0 Å². The molecule has 0 radical (unpaired) electrons. The van der Waals surface area contributed by atoms with Crippen LogP contribution in [0.5, 0.6) is 0 Å². The van der Waals surface area contributed by atoms with Gasteiger partial charge in [-0.15, -0.1) is 0 Å². The molecular formula is C27H26Cl2N4O4. The fraction of sp³-hybridized carbons (Fsp3) is 0.259. The SMILES string of the molecule is O=C(N[C@@H](Cc1ccc(N2CC[C@H](CCNc3ccccn3)C2=O)cc1)C(=O)O)c1c(Cl)cccc1Cl. The molecule has 3 N–H and O–H groups in total. The zero-order chi connectivity index (χ0) is 26.4. The first-order chi connectivity index (χ1) is 17.8. The largest absolute Gasteiger partial charge is 0.480 e. The lowest BCUT2D eigenvalue weighted by Gasteiger charge is -2.19. The molecule has 0 spiro atoms. The van der Waals surface area contributed by atoms with Crippen LogP contribution in [0.2, 0.25) is 10.0 Å². The highest BCUT2D eigenvalue weighted by atomic mass is 35.5. The molecule has 37 heavy (non-hydrogen) atoms. The number of nitrogens with zero attached hydrogens (tertiary/aromatic N) is 2. The first-order valence-corrected chi connectivity index (χ1v) is 12.6. The summed E-state index contributed by atoms with van der Waals surface area (Å²) >= 11 is 12.1. The van der Waals surface area contributed by atoms with E-state index < -0.39 is 17.9 Å². The van der Waals surface area contributed by atoms with E-state index in [1.165, 1.54) is 12.1 Å². The summed E-state index contributed by atoms with van der Waals surface area (Å²) in [6.07, 6.45) is 3.25. The summed E-state index contributed by atoms with van der Waals surface area (Å²) in [6, 6.07) is 16.2. The van der Waals surface area contributed by atoms with Gasteiger partial charge >= 0.3 is 5.97 Å². The van der Waals surface area contributed by atoms with Crippen LogP contribution in [0.25, 0.3) is 0 Å². The second-order valence-corrected chi connectivity index (χ2v) is 9.55. The molecule has 0 bridgehead atoms. The van der Waals surface area contributed by atoms with Gasteiger partial charge in [0.05, 0.1) is 15.6 Å². The van der Waals surface area contributed by atoms with Gasteiger partial charge in [0.15, 0.2) is 0 Å². The molecule has 192 valence electrons. The summed E-state index contributed by atoms with van der Waals surface area (Å²) in [5, 5.41) is 15.7. The number of amides is 2. The fourth-order valence-corrected chi connectivity index (χ4v) is 4.87. The normalized spacial score (nSPS) is 15.9. The Bertz CT molecular complexity index is 1250. The van der Waals surface area contributed by atoms with Crippen LogP contribution in [0.1, 0.15) is 28.8 Å². The molecule has 2 atom stereocenters. The van der Waals surface area contributed by atoms with Crippen molar-refractivity contribution in [2.24, 2.45) is 5.92 Å². The number of rotatable bonds is 10. The van der Waals surface area contributed by atoms with Gasteiger partial charge in [-0.25, -0.2) is 9.78 Å². The minimum atomic E-state index is -1.19. The van der Waals surface area contributed by atoms with Gasteiger partial charge in [0.2, 0.25) is 5.91 Å². The maximum Gasteiger partial charge on any atom is 0.326 e. The minimum Gasteiger partial charge on any atom is -0.480 e. The second-order valence-electron chi connectivity index (χ2n) is 8.74. The third kappa shape index (κ3) is 6.58. The number of carboxylic acids is 1. The van der Waals surface area contributed by atoms with Gasteiger partial charge in [-0.1, -0.05) is 47.5 Å². The average molecular weight is 541 g/mol. The first kappa shape index (κ1) is 26.4. The molecule has 0 saturated carbocycles. The summed E-state index contributed by atoms with van der Waals surface area (Å²) in [4.78, 5) is 43.4. The first-order valence-electron chi connectivity index (χ1n) is 11.9. The van der Waals surface area contributed by atoms with E-state index in [4.69, 9.17) is 23.2 Å². The van der Waals surface area contributed by atoms with E-state index in [1.54, 1.807) is 41.4 Å². The van der Waals surface area contributed by atoms with Crippen molar-refractivity contribution >= 4 is 52.5 Å². The molecule has 3 aromatic rings. The van der Waals surface area contributed by atoms with E-state index in [2.05, 4.69) is 15.6 Å². The topological polar surface area (TPSA) is 112 Å². The van der Waals surface area contributed by atoms with Crippen molar-refractivity contribution in [2.45, 2.75) is 25.3 Å². The summed E-state index contributed by atoms with van der Waals surface area (Å²) in [5.74, 6) is -1.06. The molecular weight excluding hydrogens is 515 g/mol. The second kappa shape index (κ2) is 12.1. The Hall–Kier alpha value is -3.62. The van der Waals surface area contributed by atoms with Crippen molar-refractivity contribution in [2.75, 3.05) is 23.3 Å². The number of anilines is 2. The lowest BCUT2D eigenvalue weighted by molar-refractivity contribution is -0.139. The third-order valence-corrected chi connectivity index (χ3v) is 6.89. The van der Waals surface area contributed by atoms with Crippen molar-refractivity contribution in [1.29, 1.82) is 0 Å². The molecule has 2 heterocycles. The Morgan fingerprint density at radius 1 is 1.05 bits per heavy atom. The van der Waals surface area contributed by atoms with Crippen LogP contribution in [0.15, 0.2) is 66.9 Å². The molecule has 4 rings (SSSR count). The molecule has 10 heteroatoms. The van der Waals surface area contributed by atoms with Gasteiger partial charge in [-0.2, -0.15) is 0 Å². The lowest BCUT2D eigenvalue weighted by Crippen LogP contribution is -2.42. The number of halogens is 2. The number of benzene rings is 2. The van der Waals surface area contributed by atoms with Crippen molar-refractivity contribution < 1.29 is 19.5 Å². The molecule has 1 saturated heterocycles. The Morgan fingerprint density at radius 3 is 2.43 bits per heavy atom. The smallest absolute Gasteiger partial charge is 0.326 e. The number of hydrogen-bond acceptors (Lipinski definition) is 5. The highest BCUT2D eigenvalue weighted by molar-refractivity contribution is 6.39. The average Bonchev–Trinajstić information content (AvgIpc) is 3.24. The standard InChI is InChI=1S/C27H26Cl2N4O4/c28-20-4-3-5-21(29)24(20)25(34)32-22(27(36)37)16-17-7-9-19(10-8-17)33-15-12-18(26(33)35)11-14-31-23-6-1-2-13-30-23/h1-10,13,18,22H,11-12,14-16H2,(H,30,31)(H,32,34)(H,36,37)/t18-,22-/m0/s1. The van der Waals surface area contributed by atoms with E-state index in [1.807, 2.05) is 18.2 Å². The Morgan fingerprint density at radius 2 is 1.78 bits per heavy atom. The number of nitrogens with one attached hydrogen (secondary N) is 2. The van der Waals surface area contributed by atoms with Crippen LogP contribution in [0, 0.1) is 5.92 Å². The van der Waals surface area contributed by atoms with Gasteiger partial charge < -0.3 is 20.6 Å². The Balaban J connectivity index is 1.34. The molecule has 2 amide bonds. The van der Waals surface area contributed by atoms with Gasteiger partial charge in [-0.05, 0) is 54.8 Å². The van der Waals surface area contributed by atoms with E-state index in [-0.39, 0.29) is 33.9 Å². The fourth-order valence-electron chi connectivity index (χ4n) is 4.30. The maximum absolute atomic E-state index is 12.9. The molecule has 2 aromatic carbocycles. The van der Waals surface area contributed by atoms with E-state index in [0.29, 0.717) is 25.1 Å². The van der Waals surface area contributed by atoms with Crippen molar-refractivity contribution in [3.05, 3.63) is 88.0 Å². The summed E-state index contributed by atoms with van der Waals surface area (Å²) in [5.41, 5.74) is 1.49. The summed E-state index contributed by atoms with van der Waals surface area (Å²) < 4.78 is 0. The van der Waals surface area contributed by atoms with Crippen molar-refractivity contribution in [3.63, 3.8) is 0 Å². The lowest BCUT2D eigenvalue weighted by atomic mass is 10.0. The predicted octanol–water partition coefficient (Wildman–Crippen LogP) is 4.67. The van der Waals surface area contributed by atoms with Gasteiger partial charge in [0.1, 0.15) is 11.9 Å². The highest BCUT2D eigenvalue weighted by Gasteiger charge is 2.32. The number of carboxylic acid groups (broad SMARTS) is 1. The van der Waals surface area contributed by atoms with Crippen molar-refractivity contribution in [1.82, 2.24) is 10.3 Å². The number of aliphatic carboxylic acids is 1. The van der Waals surface area contributed by atoms with E-state index in [0.717, 1.165) is 17.9 Å². The number of aromatic nitrogens is 1. The molecule has 1 aliphatic rings. The van der Waals surface area contributed by atoms with Crippen LogP contribution >= 0.6 is 23.2 Å². The van der Waals surface area contributed by atoms with Crippen LogP contribution < -0.4 is 15.5 Å². The zero-order valence-corrected chi connectivity index (χ0v) is 21.4. The van der Waals surface area contributed by atoms with Gasteiger partial charge in [0, 0.05) is 37.3 Å². The predicted molar refractivity (Wildman–Crippen MR) is 143 cm³/mol. The molecule has 1 aromatic heterocycles. The number of carbonyl (C=O) groups excluding carboxylic acids is 2. The van der Waals surface area contributed by atoms with E-state index in [9.17, 15) is 19.5 Å². The third-order valence-electron chi connectivity index (χ3n) is 6.26. The summed E-state index contributed by atoms with van der Waals surface area (Å²) in [6.45, 7) is 1.28. The molecule has 0 unspecified atom stereocenters. The van der Waals surface area contributed by atoms with Crippen LogP contribution in [0.3, 0.4) is 0 Å². The number of hydrogen-bond donors (Lipinski definition) is 3. The highest BCUT2D eigenvalue weighted by Crippen LogP contribution is 2.28. The molecule has 8 nitrogen and oxygen atoms in total. The quantitative estimate of drug-likeness (QED) is 0.344. The zero-order valence-electron chi connectivity index (χ0n) is 19.9.